The summed E-state index contributed by atoms with van der Waals surface area (Å²) in [4.78, 5) is 15.1. The molecule has 1 aromatic carbocycles. The van der Waals surface area contributed by atoms with Crippen LogP contribution in [0.1, 0.15) is 26.3 Å². The third kappa shape index (κ3) is 5.33. The molecule has 0 bridgehead atoms. The molecule has 0 N–H and O–H groups in total. The van der Waals surface area contributed by atoms with Crippen LogP contribution in [0.4, 0.5) is 4.39 Å². The van der Waals surface area contributed by atoms with Crippen molar-refractivity contribution in [3.8, 4) is 5.75 Å². The van der Waals surface area contributed by atoms with Crippen LogP contribution in [0.3, 0.4) is 0 Å². The summed E-state index contributed by atoms with van der Waals surface area (Å²) in [5, 5.41) is 0. The predicted octanol–water partition coefficient (Wildman–Crippen LogP) is 3.22. The minimum atomic E-state index is -1.39. The maximum absolute atomic E-state index is 12.7. The van der Waals surface area contributed by atoms with Gasteiger partial charge in [0, 0.05) is 25.1 Å². The van der Waals surface area contributed by atoms with Crippen molar-refractivity contribution in [1.82, 2.24) is 0 Å². The van der Waals surface area contributed by atoms with E-state index < -0.39 is 12.3 Å². The second-order valence-electron chi connectivity index (χ2n) is 3.93. The number of allylic oxidation sites excluding steroid dienone is 1. The number of hydrogen-bond donors (Lipinski definition) is 0. The van der Waals surface area contributed by atoms with Crippen molar-refractivity contribution in [3.05, 3.63) is 42.1 Å². The van der Waals surface area contributed by atoms with Crippen molar-refractivity contribution in [2.24, 2.45) is 4.99 Å². The molecule has 0 saturated carbocycles. The standard InChI is InChI=1S/C14H16FNO3/c1-9(2)16-14(19-11(4)17)12-5-7-13(8-6-12)18-10(3)15/h5-8,10H,1H2,2-4H3. The number of nitrogens with zero attached hydrogens (tertiary/aromatic N) is 1. The maximum atomic E-state index is 12.7. The van der Waals surface area contributed by atoms with Gasteiger partial charge in [0.1, 0.15) is 5.75 Å². The number of rotatable bonds is 4. The number of alkyl halides is 1. The number of carbonyl (C=O) groups is 1. The summed E-state index contributed by atoms with van der Waals surface area (Å²) in [5.74, 6) is 0.0637. The first-order chi connectivity index (χ1) is 8.88. The molecule has 0 aliphatic rings. The Morgan fingerprint density at radius 2 is 1.89 bits per heavy atom. The van der Waals surface area contributed by atoms with Gasteiger partial charge >= 0.3 is 5.97 Å². The Hall–Kier alpha value is -2.17. The Bertz CT molecular complexity index is 492. The first-order valence-corrected chi connectivity index (χ1v) is 5.72. The lowest BCUT2D eigenvalue weighted by atomic mass is 10.2. The molecule has 19 heavy (non-hydrogen) atoms. The molecule has 0 aliphatic carbocycles. The zero-order valence-corrected chi connectivity index (χ0v) is 11.1. The molecule has 1 rings (SSSR count). The zero-order chi connectivity index (χ0) is 14.4. The van der Waals surface area contributed by atoms with Crippen molar-refractivity contribution in [1.29, 1.82) is 0 Å². The van der Waals surface area contributed by atoms with E-state index >= 15 is 0 Å². The van der Waals surface area contributed by atoms with Crippen LogP contribution in [0.25, 0.3) is 0 Å². The van der Waals surface area contributed by atoms with Crippen LogP contribution in [0.5, 0.6) is 5.75 Å². The Labute approximate surface area is 111 Å². The number of ether oxygens (including phenoxy) is 2. The van der Waals surface area contributed by atoms with E-state index in [1.54, 1.807) is 31.2 Å². The second kappa shape index (κ2) is 6.68. The van der Waals surface area contributed by atoms with Crippen LogP contribution < -0.4 is 4.74 Å². The number of carbonyl (C=O) groups excluding carboxylic acids is 1. The first-order valence-electron chi connectivity index (χ1n) is 5.72. The molecule has 0 radical (unpaired) electrons. The lowest BCUT2D eigenvalue weighted by molar-refractivity contribution is -0.132. The van der Waals surface area contributed by atoms with Gasteiger partial charge in [0.2, 0.25) is 12.3 Å². The molecule has 102 valence electrons. The van der Waals surface area contributed by atoms with Gasteiger partial charge in [-0.3, -0.25) is 4.79 Å². The van der Waals surface area contributed by atoms with Crippen LogP contribution in [0, 0.1) is 0 Å². The lowest BCUT2D eigenvalue weighted by Crippen LogP contribution is -2.11. The van der Waals surface area contributed by atoms with Gasteiger partial charge in [-0.2, -0.15) is 0 Å². The summed E-state index contributed by atoms with van der Waals surface area (Å²) in [7, 11) is 0. The van der Waals surface area contributed by atoms with E-state index in [1.165, 1.54) is 13.8 Å². The molecule has 4 nitrogen and oxygen atoms in total. The molecule has 1 unspecified atom stereocenters. The highest BCUT2D eigenvalue weighted by atomic mass is 19.1. The van der Waals surface area contributed by atoms with Crippen molar-refractivity contribution >= 4 is 11.9 Å². The van der Waals surface area contributed by atoms with Crippen molar-refractivity contribution in [3.63, 3.8) is 0 Å². The maximum Gasteiger partial charge on any atom is 0.309 e. The third-order valence-electron chi connectivity index (χ3n) is 1.93. The average molecular weight is 265 g/mol. The molecular formula is C14H16FNO3. The van der Waals surface area contributed by atoms with E-state index in [1.807, 2.05) is 0 Å². The molecule has 0 aliphatic heterocycles. The fraction of sp³-hybridized carbons (Fsp3) is 0.286. The molecule has 5 heteroatoms. The Morgan fingerprint density at radius 1 is 1.32 bits per heavy atom. The summed E-state index contributed by atoms with van der Waals surface area (Å²) in [5.41, 5.74) is 1.09. The minimum Gasteiger partial charge on any atom is -0.461 e. The molecule has 0 amide bonds. The Morgan fingerprint density at radius 3 is 2.32 bits per heavy atom. The largest absolute Gasteiger partial charge is 0.461 e. The van der Waals surface area contributed by atoms with Crippen LogP contribution in [-0.4, -0.2) is 18.2 Å². The number of halogens is 1. The number of hydrogen-bond acceptors (Lipinski definition) is 4. The molecule has 1 aromatic rings. The first kappa shape index (κ1) is 14.9. The summed E-state index contributed by atoms with van der Waals surface area (Å²) in [6.07, 6.45) is -1.39. The zero-order valence-electron chi connectivity index (χ0n) is 11.1. The van der Waals surface area contributed by atoms with Crippen molar-refractivity contribution < 1.29 is 18.7 Å². The molecular weight excluding hydrogens is 249 g/mol. The van der Waals surface area contributed by atoms with E-state index in [2.05, 4.69) is 11.6 Å². The fourth-order valence-corrected chi connectivity index (χ4v) is 1.32. The molecule has 0 saturated heterocycles. The quantitative estimate of drug-likeness (QED) is 0.477. The summed E-state index contributed by atoms with van der Waals surface area (Å²) < 4.78 is 22.5. The summed E-state index contributed by atoms with van der Waals surface area (Å²) >= 11 is 0. The SMILES string of the molecule is C=C(C)N=C(OC(C)=O)c1ccc(OC(C)F)cc1. The van der Waals surface area contributed by atoms with Gasteiger partial charge < -0.3 is 9.47 Å². The molecule has 0 spiro atoms. The predicted molar refractivity (Wildman–Crippen MR) is 70.8 cm³/mol. The monoisotopic (exact) mass is 265 g/mol. The lowest BCUT2D eigenvalue weighted by Gasteiger charge is -2.09. The molecule has 0 heterocycles. The highest BCUT2D eigenvalue weighted by molar-refractivity contribution is 6.00. The molecule has 0 aromatic heterocycles. The van der Waals surface area contributed by atoms with Gasteiger partial charge in [-0.1, -0.05) is 6.58 Å². The van der Waals surface area contributed by atoms with Crippen LogP contribution in [0.2, 0.25) is 0 Å². The molecule has 0 fully saturated rings. The minimum absolute atomic E-state index is 0.153. The van der Waals surface area contributed by atoms with Crippen molar-refractivity contribution in [2.45, 2.75) is 27.1 Å². The number of benzene rings is 1. The number of esters is 1. The number of aliphatic imine (C=N–C) groups is 1. The van der Waals surface area contributed by atoms with Crippen LogP contribution in [0.15, 0.2) is 41.5 Å². The van der Waals surface area contributed by atoms with Crippen molar-refractivity contribution in [2.75, 3.05) is 0 Å². The van der Waals surface area contributed by atoms with Gasteiger partial charge in [0.05, 0.1) is 0 Å². The molecule has 1 atom stereocenters. The highest BCUT2D eigenvalue weighted by Gasteiger charge is 2.09. The topological polar surface area (TPSA) is 47.9 Å². The van der Waals surface area contributed by atoms with E-state index in [0.29, 0.717) is 17.0 Å². The fourth-order valence-electron chi connectivity index (χ4n) is 1.32. The van der Waals surface area contributed by atoms with E-state index in [0.717, 1.165) is 0 Å². The Balaban J connectivity index is 2.97. The van der Waals surface area contributed by atoms with Gasteiger partial charge in [-0.15, -0.1) is 0 Å². The second-order valence-corrected chi connectivity index (χ2v) is 3.93. The van der Waals surface area contributed by atoms with Gasteiger partial charge in [0.15, 0.2) is 0 Å². The smallest absolute Gasteiger partial charge is 0.309 e. The Kier molecular flexibility index (Phi) is 5.23. The van der Waals surface area contributed by atoms with Crippen LogP contribution in [-0.2, 0) is 9.53 Å². The highest BCUT2D eigenvalue weighted by Crippen LogP contribution is 2.16. The third-order valence-corrected chi connectivity index (χ3v) is 1.93. The van der Waals surface area contributed by atoms with Gasteiger partial charge in [0.25, 0.3) is 0 Å². The van der Waals surface area contributed by atoms with Gasteiger partial charge in [-0.25, -0.2) is 9.38 Å². The summed E-state index contributed by atoms with van der Waals surface area (Å²) in [6.45, 7) is 7.90. The van der Waals surface area contributed by atoms with E-state index in [4.69, 9.17) is 9.47 Å². The van der Waals surface area contributed by atoms with E-state index in [-0.39, 0.29) is 5.90 Å². The van der Waals surface area contributed by atoms with Gasteiger partial charge in [-0.05, 0) is 31.2 Å². The normalized spacial score (nSPS) is 12.7. The average Bonchev–Trinajstić information content (AvgIpc) is 2.27. The summed E-state index contributed by atoms with van der Waals surface area (Å²) in [6, 6.07) is 6.40. The van der Waals surface area contributed by atoms with E-state index in [9.17, 15) is 9.18 Å². The van der Waals surface area contributed by atoms with Crippen LogP contribution >= 0.6 is 0 Å².